The van der Waals surface area contributed by atoms with Gasteiger partial charge in [0, 0.05) is 19.3 Å². The van der Waals surface area contributed by atoms with Crippen molar-refractivity contribution < 1.29 is 18.3 Å². The third-order valence-electron chi connectivity index (χ3n) is 4.61. The van der Waals surface area contributed by atoms with Gasteiger partial charge < -0.3 is 14.6 Å². The highest BCUT2D eigenvalue weighted by Crippen LogP contribution is 2.33. The van der Waals surface area contributed by atoms with Crippen LogP contribution in [-0.2, 0) is 23.5 Å². The van der Waals surface area contributed by atoms with E-state index in [1.165, 1.54) is 28.2 Å². The van der Waals surface area contributed by atoms with Gasteiger partial charge in [-0.15, -0.1) is 0 Å². The number of carbonyl (C=O) groups is 1. The van der Waals surface area contributed by atoms with Crippen molar-refractivity contribution in [3.8, 4) is 0 Å². The number of aromatic carboxylic acids is 1. The Bertz CT molecular complexity index is 918. The van der Waals surface area contributed by atoms with Gasteiger partial charge in [-0.25, -0.2) is 13.2 Å². The number of para-hydroxylation sites is 1. The van der Waals surface area contributed by atoms with Crippen molar-refractivity contribution in [2.75, 3.05) is 24.9 Å². The molecule has 1 aliphatic heterocycles. The molecule has 0 spiro atoms. The molecule has 1 aromatic carbocycles. The number of rotatable bonds is 4. The Balaban J connectivity index is 2.10. The summed E-state index contributed by atoms with van der Waals surface area (Å²) in [4.78, 5) is 13.2. The third-order valence-corrected chi connectivity index (χ3v) is 6.35. The van der Waals surface area contributed by atoms with Gasteiger partial charge in [0.05, 0.1) is 12.2 Å². The number of sulfonamides is 1. The number of nitrogens with zero attached hydrogens (tertiary/aromatic N) is 3. The van der Waals surface area contributed by atoms with Gasteiger partial charge >= 0.3 is 5.97 Å². The lowest BCUT2D eigenvalue weighted by molar-refractivity contribution is 0.0686. The van der Waals surface area contributed by atoms with E-state index in [9.17, 15) is 18.3 Å². The first-order valence-electron chi connectivity index (χ1n) is 7.88. The van der Waals surface area contributed by atoms with Crippen molar-refractivity contribution in [2.24, 2.45) is 7.05 Å². The summed E-state index contributed by atoms with van der Waals surface area (Å²) in [5.41, 5.74) is 1.56. The second kappa shape index (κ2) is 6.20. The molecule has 2 aromatic rings. The number of hydrogen-bond acceptors (Lipinski definition) is 4. The van der Waals surface area contributed by atoms with Crippen molar-refractivity contribution >= 4 is 21.7 Å². The minimum Gasteiger partial charge on any atom is -0.477 e. The lowest BCUT2D eigenvalue weighted by atomic mass is 9.99. The smallest absolute Gasteiger partial charge is 0.352 e. The van der Waals surface area contributed by atoms with E-state index in [0.717, 1.165) is 12.0 Å². The maximum atomic E-state index is 13.2. The standard InChI is InChI=1S/C17H21N3O4S/c1-18(2)13-8-12-6-4-5-7-15(12)20(10-13)25(23,24)14-9-16(17(21)22)19(3)11-14/h4-7,9,11,13H,8,10H2,1-3H3,(H,21,22)/t13-/m0/s1. The average molecular weight is 363 g/mol. The zero-order chi connectivity index (χ0) is 18.4. The van der Waals surface area contributed by atoms with Crippen molar-refractivity contribution in [2.45, 2.75) is 17.4 Å². The number of carboxylic acids is 1. The lowest BCUT2D eigenvalue weighted by Crippen LogP contribution is -2.47. The summed E-state index contributed by atoms with van der Waals surface area (Å²) in [5, 5.41) is 9.19. The maximum absolute atomic E-state index is 13.2. The summed E-state index contributed by atoms with van der Waals surface area (Å²) in [6.07, 6.45) is 2.12. The van der Waals surface area contributed by atoms with E-state index >= 15 is 0 Å². The van der Waals surface area contributed by atoms with E-state index in [-0.39, 0.29) is 16.6 Å². The summed E-state index contributed by atoms with van der Waals surface area (Å²) in [6, 6.07) is 8.69. The first-order chi connectivity index (χ1) is 11.7. The van der Waals surface area contributed by atoms with Crippen LogP contribution >= 0.6 is 0 Å². The molecule has 1 atom stereocenters. The number of aryl methyl sites for hydroxylation is 1. The predicted octanol–water partition coefficient (Wildman–Crippen LogP) is 1.40. The van der Waals surface area contributed by atoms with Gasteiger partial charge in [-0.1, -0.05) is 18.2 Å². The molecule has 1 aromatic heterocycles. The van der Waals surface area contributed by atoms with E-state index in [4.69, 9.17) is 0 Å². The van der Waals surface area contributed by atoms with Gasteiger partial charge in [-0.3, -0.25) is 4.31 Å². The van der Waals surface area contributed by atoms with Crippen LogP contribution in [-0.4, -0.2) is 55.6 Å². The van der Waals surface area contributed by atoms with Gasteiger partial charge in [0.2, 0.25) is 0 Å². The monoisotopic (exact) mass is 363 g/mol. The summed E-state index contributed by atoms with van der Waals surface area (Å²) in [5.74, 6) is -1.16. The Kier molecular flexibility index (Phi) is 4.34. The van der Waals surface area contributed by atoms with Gasteiger partial charge in [0.25, 0.3) is 10.0 Å². The van der Waals surface area contributed by atoms with Crippen LogP contribution in [0.1, 0.15) is 16.1 Å². The number of likely N-dealkylation sites (N-methyl/N-ethyl adjacent to an activating group) is 1. The highest BCUT2D eigenvalue weighted by atomic mass is 32.2. The summed E-state index contributed by atoms with van der Waals surface area (Å²) in [7, 11) is 1.52. The van der Waals surface area contributed by atoms with Gasteiger partial charge in [-0.05, 0) is 38.2 Å². The van der Waals surface area contributed by atoms with Gasteiger partial charge in [0.1, 0.15) is 10.6 Å². The maximum Gasteiger partial charge on any atom is 0.352 e. The molecule has 0 aliphatic carbocycles. The minimum absolute atomic E-state index is 0.0124. The Morgan fingerprint density at radius 2 is 1.96 bits per heavy atom. The van der Waals surface area contributed by atoms with Crippen LogP contribution in [0.3, 0.4) is 0 Å². The second-order valence-electron chi connectivity index (χ2n) is 6.46. The minimum atomic E-state index is -3.85. The van der Waals surface area contributed by atoms with Crippen molar-refractivity contribution in [1.82, 2.24) is 9.47 Å². The Hall–Kier alpha value is -2.32. The molecule has 1 N–H and O–H groups in total. The van der Waals surface area contributed by atoms with E-state index < -0.39 is 16.0 Å². The largest absolute Gasteiger partial charge is 0.477 e. The number of aromatic nitrogens is 1. The molecule has 0 bridgehead atoms. The van der Waals surface area contributed by atoms with E-state index in [2.05, 4.69) is 0 Å². The van der Waals surface area contributed by atoms with Gasteiger partial charge in [-0.2, -0.15) is 0 Å². The zero-order valence-electron chi connectivity index (χ0n) is 14.4. The van der Waals surface area contributed by atoms with Crippen LogP contribution in [0.15, 0.2) is 41.4 Å². The fourth-order valence-electron chi connectivity index (χ4n) is 3.12. The highest BCUT2D eigenvalue weighted by Gasteiger charge is 2.35. The molecular weight excluding hydrogens is 342 g/mol. The second-order valence-corrected chi connectivity index (χ2v) is 8.33. The Morgan fingerprint density at radius 3 is 2.56 bits per heavy atom. The molecule has 0 saturated carbocycles. The third kappa shape index (κ3) is 3.03. The van der Waals surface area contributed by atoms with Crippen LogP contribution in [0.25, 0.3) is 0 Å². The first kappa shape index (κ1) is 17.5. The van der Waals surface area contributed by atoms with Crippen LogP contribution in [0.4, 0.5) is 5.69 Å². The molecule has 1 aliphatic rings. The molecule has 0 unspecified atom stereocenters. The number of anilines is 1. The SMILES string of the molecule is CN(C)[C@H]1Cc2ccccc2N(S(=O)(=O)c2cc(C(=O)O)n(C)c2)C1. The molecule has 3 rings (SSSR count). The van der Waals surface area contributed by atoms with Crippen LogP contribution in [0, 0.1) is 0 Å². The zero-order valence-corrected chi connectivity index (χ0v) is 15.2. The number of benzene rings is 1. The van der Waals surface area contributed by atoms with E-state index in [0.29, 0.717) is 12.2 Å². The van der Waals surface area contributed by atoms with E-state index in [1.54, 1.807) is 6.07 Å². The topological polar surface area (TPSA) is 82.8 Å². The first-order valence-corrected chi connectivity index (χ1v) is 9.32. The Labute approximate surface area is 147 Å². The molecule has 0 radical (unpaired) electrons. The summed E-state index contributed by atoms with van der Waals surface area (Å²) in [6.45, 7) is 0.323. The fourth-order valence-corrected chi connectivity index (χ4v) is 4.74. The molecule has 0 fully saturated rings. The van der Waals surface area contributed by atoms with Crippen molar-refractivity contribution in [3.05, 3.63) is 47.8 Å². The number of hydrogen-bond donors (Lipinski definition) is 1. The lowest BCUT2D eigenvalue weighted by Gasteiger charge is -2.37. The molecule has 0 amide bonds. The number of carboxylic acid groups (broad SMARTS) is 1. The molecule has 25 heavy (non-hydrogen) atoms. The van der Waals surface area contributed by atoms with Crippen molar-refractivity contribution in [3.63, 3.8) is 0 Å². The molecule has 134 valence electrons. The van der Waals surface area contributed by atoms with E-state index in [1.807, 2.05) is 37.2 Å². The number of fused-ring (bicyclic) bond motifs is 1. The molecule has 7 nitrogen and oxygen atoms in total. The summed E-state index contributed by atoms with van der Waals surface area (Å²) >= 11 is 0. The van der Waals surface area contributed by atoms with Gasteiger partial charge in [0.15, 0.2) is 0 Å². The van der Waals surface area contributed by atoms with Crippen LogP contribution in [0.5, 0.6) is 0 Å². The average Bonchev–Trinajstić information content (AvgIpc) is 2.96. The van der Waals surface area contributed by atoms with Crippen LogP contribution in [0.2, 0.25) is 0 Å². The fraction of sp³-hybridized carbons (Fsp3) is 0.353. The molecule has 2 heterocycles. The molecule has 0 saturated heterocycles. The Morgan fingerprint density at radius 1 is 1.28 bits per heavy atom. The normalized spacial score (nSPS) is 17.6. The van der Waals surface area contributed by atoms with Crippen LogP contribution < -0.4 is 4.31 Å². The van der Waals surface area contributed by atoms with Crippen molar-refractivity contribution in [1.29, 1.82) is 0 Å². The predicted molar refractivity (Wildman–Crippen MR) is 94.5 cm³/mol. The quantitative estimate of drug-likeness (QED) is 0.888. The molecule has 8 heteroatoms. The molecular formula is C17H21N3O4S. The summed E-state index contributed by atoms with van der Waals surface area (Å²) < 4.78 is 29.1. The highest BCUT2D eigenvalue weighted by molar-refractivity contribution is 7.92.